The molecule has 0 spiro atoms. The lowest BCUT2D eigenvalue weighted by atomic mass is 10.2. The van der Waals surface area contributed by atoms with E-state index < -0.39 is 5.97 Å². The summed E-state index contributed by atoms with van der Waals surface area (Å²) in [7, 11) is 1.53. The Morgan fingerprint density at radius 1 is 1.35 bits per heavy atom. The Morgan fingerprint density at radius 3 is 2.95 bits per heavy atom. The van der Waals surface area contributed by atoms with Crippen molar-refractivity contribution in [1.29, 1.82) is 0 Å². The largest absolute Gasteiger partial charge is 0.494 e. The second-order valence-electron chi connectivity index (χ2n) is 4.02. The normalized spacial score (nSPS) is 10.7. The highest BCUT2D eigenvalue weighted by Gasteiger charge is 2.15. The molecule has 7 heteroatoms. The molecule has 0 radical (unpaired) electrons. The third kappa shape index (κ3) is 1.85. The number of imidazole rings is 1. The molecule has 0 aliphatic carbocycles. The van der Waals surface area contributed by atoms with Crippen LogP contribution in [-0.2, 0) is 0 Å². The highest BCUT2D eigenvalue weighted by molar-refractivity contribution is 6.00. The zero-order valence-corrected chi connectivity index (χ0v) is 10.5. The number of ether oxygens (including phenoxy) is 1. The van der Waals surface area contributed by atoms with Gasteiger partial charge in [-0.1, -0.05) is 0 Å². The fraction of sp³-hybridized carbons (Fsp3) is 0.0769. The van der Waals surface area contributed by atoms with Crippen LogP contribution < -0.4 is 4.74 Å². The molecule has 0 saturated carbocycles. The van der Waals surface area contributed by atoms with Crippen LogP contribution in [0.15, 0.2) is 30.7 Å². The fourth-order valence-electron chi connectivity index (χ4n) is 1.96. The minimum atomic E-state index is -1.03. The van der Waals surface area contributed by atoms with E-state index in [0.717, 1.165) is 0 Å². The highest BCUT2D eigenvalue weighted by atomic mass is 16.5. The first-order valence-corrected chi connectivity index (χ1v) is 5.77. The molecule has 0 unspecified atom stereocenters. The van der Waals surface area contributed by atoms with Crippen LogP contribution in [0.4, 0.5) is 0 Å². The van der Waals surface area contributed by atoms with Crippen LogP contribution in [0.3, 0.4) is 0 Å². The van der Waals surface area contributed by atoms with E-state index in [1.54, 1.807) is 18.5 Å². The van der Waals surface area contributed by atoms with Crippen LogP contribution in [0.5, 0.6) is 5.75 Å². The fourth-order valence-corrected chi connectivity index (χ4v) is 1.96. The number of carbonyl (C=O) groups is 1. The average molecular weight is 270 g/mol. The SMILES string of the molecule is COc1cnccc1-c1nc2nccc(C(=O)O)c2[nH]1. The van der Waals surface area contributed by atoms with Gasteiger partial charge in [0.25, 0.3) is 0 Å². The molecule has 3 aromatic heterocycles. The van der Waals surface area contributed by atoms with E-state index in [0.29, 0.717) is 28.3 Å². The van der Waals surface area contributed by atoms with Crippen LogP contribution in [0.2, 0.25) is 0 Å². The minimum Gasteiger partial charge on any atom is -0.494 e. The Hall–Kier alpha value is -2.96. The summed E-state index contributed by atoms with van der Waals surface area (Å²) in [5.41, 5.74) is 1.55. The molecule has 100 valence electrons. The van der Waals surface area contributed by atoms with Gasteiger partial charge in [0, 0.05) is 12.4 Å². The summed E-state index contributed by atoms with van der Waals surface area (Å²) in [6, 6.07) is 3.16. The predicted octanol–water partition coefficient (Wildman–Crippen LogP) is 1.73. The third-order valence-electron chi connectivity index (χ3n) is 2.88. The number of H-pyrrole nitrogens is 1. The van der Waals surface area contributed by atoms with Gasteiger partial charge in [0.15, 0.2) is 5.65 Å². The summed E-state index contributed by atoms with van der Waals surface area (Å²) in [6.45, 7) is 0. The van der Waals surface area contributed by atoms with E-state index in [4.69, 9.17) is 9.84 Å². The minimum absolute atomic E-state index is 0.127. The number of hydrogen-bond acceptors (Lipinski definition) is 5. The molecule has 0 atom stereocenters. The molecule has 0 saturated heterocycles. The van der Waals surface area contributed by atoms with E-state index in [2.05, 4.69) is 19.9 Å². The van der Waals surface area contributed by atoms with Gasteiger partial charge in [0.1, 0.15) is 11.6 Å². The molecule has 2 N–H and O–H groups in total. The topological polar surface area (TPSA) is 101 Å². The van der Waals surface area contributed by atoms with Crippen LogP contribution in [0.25, 0.3) is 22.6 Å². The van der Waals surface area contributed by atoms with Gasteiger partial charge in [0.05, 0.1) is 30.0 Å². The molecule has 0 amide bonds. The molecule has 3 heterocycles. The number of carboxylic acid groups (broad SMARTS) is 1. The first kappa shape index (κ1) is 12.1. The van der Waals surface area contributed by atoms with Gasteiger partial charge in [-0.25, -0.2) is 14.8 Å². The van der Waals surface area contributed by atoms with Crippen molar-refractivity contribution in [1.82, 2.24) is 19.9 Å². The van der Waals surface area contributed by atoms with Gasteiger partial charge in [-0.05, 0) is 12.1 Å². The monoisotopic (exact) mass is 270 g/mol. The van der Waals surface area contributed by atoms with Crippen molar-refractivity contribution in [3.8, 4) is 17.1 Å². The van der Waals surface area contributed by atoms with Crippen molar-refractivity contribution < 1.29 is 14.6 Å². The number of methoxy groups -OCH3 is 1. The number of hydrogen-bond donors (Lipinski definition) is 2. The Labute approximate surface area is 113 Å². The number of aromatic amines is 1. The maximum atomic E-state index is 11.2. The Bertz CT molecular complexity index is 797. The number of rotatable bonds is 3. The second-order valence-corrected chi connectivity index (χ2v) is 4.02. The van der Waals surface area contributed by atoms with Crippen LogP contribution in [-0.4, -0.2) is 38.1 Å². The zero-order valence-electron chi connectivity index (χ0n) is 10.5. The van der Waals surface area contributed by atoms with Crippen molar-refractivity contribution in [2.24, 2.45) is 0 Å². The van der Waals surface area contributed by atoms with Crippen molar-refractivity contribution in [2.75, 3.05) is 7.11 Å². The summed E-state index contributed by atoms with van der Waals surface area (Å²) < 4.78 is 5.21. The van der Waals surface area contributed by atoms with Crippen molar-refractivity contribution in [3.05, 3.63) is 36.3 Å². The number of aromatic nitrogens is 4. The molecule has 0 aliphatic heterocycles. The second kappa shape index (κ2) is 4.61. The molecule has 0 fully saturated rings. The average Bonchev–Trinajstić information content (AvgIpc) is 2.90. The van der Waals surface area contributed by atoms with E-state index in [1.165, 1.54) is 19.4 Å². The lowest BCUT2D eigenvalue weighted by Gasteiger charge is -2.03. The standard InChI is InChI=1S/C13H10N4O3/c1-20-9-6-14-4-2-7(9)11-16-10-8(13(18)19)3-5-15-12(10)17-11/h2-6H,1H3,(H,18,19)(H,15,16,17). The number of nitrogens with one attached hydrogen (secondary N) is 1. The van der Waals surface area contributed by atoms with Crippen molar-refractivity contribution in [3.63, 3.8) is 0 Å². The summed E-state index contributed by atoms with van der Waals surface area (Å²) in [6.07, 6.45) is 4.59. The number of pyridine rings is 2. The highest BCUT2D eigenvalue weighted by Crippen LogP contribution is 2.28. The third-order valence-corrected chi connectivity index (χ3v) is 2.88. The van der Waals surface area contributed by atoms with Crippen LogP contribution >= 0.6 is 0 Å². The summed E-state index contributed by atoms with van der Waals surface area (Å²) in [5, 5.41) is 9.15. The quantitative estimate of drug-likeness (QED) is 0.751. The number of fused-ring (bicyclic) bond motifs is 1. The first-order valence-electron chi connectivity index (χ1n) is 5.77. The van der Waals surface area contributed by atoms with Crippen LogP contribution in [0.1, 0.15) is 10.4 Å². The maximum Gasteiger partial charge on any atom is 0.338 e. The van der Waals surface area contributed by atoms with Gasteiger partial charge >= 0.3 is 5.97 Å². The van der Waals surface area contributed by atoms with E-state index in [1.807, 2.05) is 0 Å². The van der Waals surface area contributed by atoms with Gasteiger partial charge in [0.2, 0.25) is 0 Å². The molecule has 3 rings (SSSR count). The number of nitrogens with zero attached hydrogens (tertiary/aromatic N) is 3. The van der Waals surface area contributed by atoms with Crippen molar-refractivity contribution in [2.45, 2.75) is 0 Å². The van der Waals surface area contributed by atoms with Crippen molar-refractivity contribution >= 4 is 17.1 Å². The van der Waals surface area contributed by atoms with E-state index in [-0.39, 0.29) is 5.56 Å². The maximum absolute atomic E-state index is 11.2. The molecular formula is C13H10N4O3. The lowest BCUT2D eigenvalue weighted by molar-refractivity contribution is 0.0698. The Balaban J connectivity index is 2.23. The molecule has 20 heavy (non-hydrogen) atoms. The molecule has 7 nitrogen and oxygen atoms in total. The molecule has 0 bridgehead atoms. The lowest BCUT2D eigenvalue weighted by Crippen LogP contribution is -1.97. The Kier molecular flexibility index (Phi) is 2.79. The predicted molar refractivity (Wildman–Crippen MR) is 70.6 cm³/mol. The van der Waals surface area contributed by atoms with E-state index in [9.17, 15) is 4.79 Å². The zero-order chi connectivity index (χ0) is 14.1. The molecule has 0 aromatic carbocycles. The number of aromatic carboxylic acids is 1. The number of carboxylic acids is 1. The first-order chi connectivity index (χ1) is 9.70. The van der Waals surface area contributed by atoms with Gasteiger partial charge in [-0.15, -0.1) is 0 Å². The summed E-state index contributed by atoms with van der Waals surface area (Å²) in [5.74, 6) is -0.00169. The summed E-state index contributed by atoms with van der Waals surface area (Å²) >= 11 is 0. The van der Waals surface area contributed by atoms with E-state index >= 15 is 0 Å². The summed E-state index contributed by atoms with van der Waals surface area (Å²) in [4.78, 5) is 26.5. The Morgan fingerprint density at radius 2 is 2.20 bits per heavy atom. The van der Waals surface area contributed by atoms with Gasteiger partial charge in [-0.2, -0.15) is 0 Å². The molecule has 0 aliphatic rings. The smallest absolute Gasteiger partial charge is 0.338 e. The van der Waals surface area contributed by atoms with Gasteiger partial charge in [-0.3, -0.25) is 4.98 Å². The van der Waals surface area contributed by atoms with Gasteiger partial charge < -0.3 is 14.8 Å². The molecule has 3 aromatic rings. The molecular weight excluding hydrogens is 260 g/mol. The van der Waals surface area contributed by atoms with Crippen LogP contribution in [0, 0.1) is 0 Å².